The van der Waals surface area contributed by atoms with E-state index in [1.54, 1.807) is 25.4 Å². The highest BCUT2D eigenvalue weighted by Gasteiger charge is 2.49. The zero-order chi connectivity index (χ0) is 27.5. The van der Waals surface area contributed by atoms with Gasteiger partial charge in [0.25, 0.3) is 0 Å². The molecule has 0 saturated carbocycles. The fraction of sp³-hybridized carbons (Fsp3) is 0.240. The summed E-state index contributed by atoms with van der Waals surface area (Å²) in [6, 6.07) is 2.57. The Hall–Kier alpha value is -4.39. The van der Waals surface area contributed by atoms with Gasteiger partial charge >= 0.3 is 6.05 Å². The van der Waals surface area contributed by atoms with Gasteiger partial charge in [-0.1, -0.05) is 11.6 Å². The summed E-state index contributed by atoms with van der Waals surface area (Å²) < 4.78 is 44.0. The van der Waals surface area contributed by atoms with Crippen LogP contribution >= 0.6 is 11.6 Å². The number of hydrogen-bond acceptors (Lipinski definition) is 7. The summed E-state index contributed by atoms with van der Waals surface area (Å²) in [5, 5.41) is 11.1. The topological polar surface area (TPSA) is 116 Å². The number of nitrogens with zero attached hydrogens (tertiary/aromatic N) is 8. The first-order chi connectivity index (χ1) is 18.5. The van der Waals surface area contributed by atoms with Gasteiger partial charge in [0.15, 0.2) is 11.5 Å². The van der Waals surface area contributed by atoms with Crippen LogP contribution in [0, 0.1) is 5.95 Å². The fourth-order valence-electron chi connectivity index (χ4n) is 4.96. The van der Waals surface area contributed by atoms with Crippen molar-refractivity contribution in [1.82, 2.24) is 39.3 Å². The van der Waals surface area contributed by atoms with Crippen LogP contribution < -0.4 is 5.32 Å². The molecule has 0 radical (unpaired) electrons. The van der Waals surface area contributed by atoms with Crippen molar-refractivity contribution in [3.05, 3.63) is 83.2 Å². The van der Waals surface area contributed by atoms with Gasteiger partial charge in [-0.05, 0) is 31.5 Å². The highest BCUT2D eigenvalue weighted by Crippen LogP contribution is 2.49. The molecular weight excluding hydrogens is 535 g/mol. The van der Waals surface area contributed by atoms with Crippen molar-refractivity contribution in [1.29, 1.82) is 0 Å². The highest BCUT2D eigenvalue weighted by molar-refractivity contribution is 6.33. The van der Waals surface area contributed by atoms with E-state index in [0.29, 0.717) is 33.1 Å². The molecule has 14 heteroatoms. The second-order valence-electron chi connectivity index (χ2n) is 9.49. The molecule has 1 amide bonds. The Labute approximate surface area is 223 Å². The third-order valence-electron chi connectivity index (χ3n) is 6.75. The lowest BCUT2D eigenvalue weighted by molar-refractivity contribution is -0.117. The molecule has 0 unspecified atom stereocenters. The number of anilines is 1. The summed E-state index contributed by atoms with van der Waals surface area (Å²) in [4.78, 5) is 30.4. The molecule has 0 spiro atoms. The summed E-state index contributed by atoms with van der Waals surface area (Å²) >= 11 is 6.40. The van der Waals surface area contributed by atoms with Crippen molar-refractivity contribution in [3.63, 3.8) is 0 Å². The summed E-state index contributed by atoms with van der Waals surface area (Å²) in [6.07, 6.45) is 7.34. The minimum atomic E-state index is -3.23. The van der Waals surface area contributed by atoms with Crippen LogP contribution in [0.5, 0.6) is 0 Å². The van der Waals surface area contributed by atoms with Crippen LogP contribution in [0.15, 0.2) is 55.2 Å². The molecule has 0 bridgehead atoms. The molecule has 0 saturated heterocycles. The third kappa shape index (κ3) is 4.18. The number of alkyl halides is 2. The monoisotopic (exact) mass is 553 g/mol. The van der Waals surface area contributed by atoms with Crippen molar-refractivity contribution < 1.29 is 18.0 Å². The molecule has 198 valence electrons. The number of halogens is 4. The van der Waals surface area contributed by atoms with Crippen LogP contribution in [0.4, 0.5) is 18.9 Å². The van der Waals surface area contributed by atoms with E-state index < -0.39 is 29.2 Å². The number of rotatable bonds is 5. The van der Waals surface area contributed by atoms with Crippen LogP contribution in [-0.4, -0.2) is 45.2 Å². The van der Waals surface area contributed by atoms with E-state index in [0.717, 1.165) is 13.0 Å². The van der Waals surface area contributed by atoms with E-state index in [9.17, 15) is 18.0 Å². The smallest absolute Gasteiger partial charge is 0.324 e. The Kier molecular flexibility index (Phi) is 5.64. The quantitative estimate of drug-likeness (QED) is 0.339. The van der Waals surface area contributed by atoms with Gasteiger partial charge in [0, 0.05) is 43.3 Å². The molecule has 39 heavy (non-hydrogen) atoms. The second kappa shape index (κ2) is 8.83. The highest BCUT2D eigenvalue weighted by atomic mass is 35.5. The van der Waals surface area contributed by atoms with Crippen molar-refractivity contribution >= 4 is 28.8 Å². The first-order valence-corrected chi connectivity index (χ1v) is 12.2. The van der Waals surface area contributed by atoms with Crippen molar-refractivity contribution in [3.8, 4) is 11.5 Å². The fourth-order valence-corrected chi connectivity index (χ4v) is 5.21. The number of pyridine rings is 1. The minimum Gasteiger partial charge on any atom is -0.324 e. The maximum Gasteiger partial charge on any atom is 0.340 e. The zero-order valence-electron chi connectivity index (χ0n) is 20.5. The van der Waals surface area contributed by atoms with Gasteiger partial charge in [-0.2, -0.15) is 18.3 Å². The van der Waals surface area contributed by atoms with Gasteiger partial charge in [0.1, 0.15) is 5.69 Å². The second-order valence-corrected chi connectivity index (χ2v) is 9.90. The number of carbonyl (C=O) groups is 1. The Morgan fingerprint density at radius 3 is 2.62 bits per heavy atom. The van der Waals surface area contributed by atoms with Gasteiger partial charge in [-0.25, -0.2) is 29.1 Å². The molecule has 2 atom stereocenters. The predicted molar refractivity (Wildman–Crippen MR) is 134 cm³/mol. The van der Waals surface area contributed by atoms with Crippen LogP contribution in [0.2, 0.25) is 5.02 Å². The molecule has 6 rings (SSSR count). The molecule has 1 N–H and O–H groups in total. The average Bonchev–Trinajstić information content (AvgIpc) is 3.60. The number of hydrogen-bond donors (Lipinski definition) is 1. The summed E-state index contributed by atoms with van der Waals surface area (Å²) in [5.41, 5.74) is 1.01. The Bertz CT molecular complexity index is 1730. The van der Waals surface area contributed by atoms with E-state index >= 15 is 0 Å². The van der Waals surface area contributed by atoms with Crippen molar-refractivity contribution in [2.45, 2.75) is 37.6 Å². The summed E-state index contributed by atoms with van der Waals surface area (Å²) in [7, 11) is 0. The lowest BCUT2D eigenvalue weighted by atomic mass is 9.82. The SMILES string of the molecule is CC(F)(F)n1ccc([C@]2(C)C[C@@H](C(=O)Nc3cnc(-c4ncccn4)c(Cl)c3)c3cnc4cc(F)nn4c32)n1. The number of fused-ring (bicyclic) bond motifs is 3. The standard InChI is InChI=1S/C25H19ClF3N9O/c1-24(17-4-7-37(35-17)25(2,28)29)10-14(15-12-32-19-9-18(27)36-38(19)21(15)24)23(39)34-13-8-16(26)20(33-11-13)22-30-5-3-6-31-22/h3-9,11-12,14H,10H2,1-2H3,(H,34,39)/t14-,24+/m1/s1. The molecule has 1 aliphatic rings. The van der Waals surface area contributed by atoms with Crippen LogP contribution in [0.1, 0.15) is 43.1 Å². The molecule has 0 fully saturated rings. The first kappa shape index (κ1) is 24.9. The Balaban J connectivity index is 1.38. The average molecular weight is 554 g/mol. The zero-order valence-corrected chi connectivity index (χ0v) is 21.2. The van der Waals surface area contributed by atoms with Crippen LogP contribution in [0.25, 0.3) is 17.2 Å². The summed E-state index contributed by atoms with van der Waals surface area (Å²) in [6.45, 7) is 2.48. The van der Waals surface area contributed by atoms with Gasteiger partial charge in [0.05, 0.1) is 39.6 Å². The molecule has 5 aromatic heterocycles. The van der Waals surface area contributed by atoms with E-state index in [1.807, 2.05) is 0 Å². The molecule has 10 nitrogen and oxygen atoms in total. The number of nitrogens with one attached hydrogen (secondary N) is 1. The third-order valence-corrected chi connectivity index (χ3v) is 7.04. The van der Waals surface area contributed by atoms with E-state index in [4.69, 9.17) is 11.6 Å². The maximum atomic E-state index is 14.1. The first-order valence-electron chi connectivity index (χ1n) is 11.8. The van der Waals surface area contributed by atoms with E-state index in [-0.39, 0.29) is 22.8 Å². The lowest BCUT2D eigenvalue weighted by Gasteiger charge is -2.24. The molecule has 0 aromatic carbocycles. The lowest BCUT2D eigenvalue weighted by Crippen LogP contribution is -2.27. The summed E-state index contributed by atoms with van der Waals surface area (Å²) in [5.74, 6) is -1.65. The van der Waals surface area contributed by atoms with Crippen LogP contribution in [0.3, 0.4) is 0 Å². The molecular formula is C25H19ClF3N9O. The van der Waals surface area contributed by atoms with Gasteiger partial charge in [-0.3, -0.25) is 4.79 Å². The minimum absolute atomic E-state index is 0.139. The molecule has 5 heterocycles. The number of carbonyl (C=O) groups excluding carboxylic acids is 1. The van der Waals surface area contributed by atoms with E-state index in [1.165, 1.54) is 35.2 Å². The van der Waals surface area contributed by atoms with Crippen molar-refractivity contribution in [2.75, 3.05) is 5.32 Å². The molecule has 5 aromatic rings. The molecule has 1 aliphatic carbocycles. The number of aromatic nitrogens is 8. The Morgan fingerprint density at radius 2 is 1.92 bits per heavy atom. The maximum absolute atomic E-state index is 14.1. The van der Waals surface area contributed by atoms with Crippen LogP contribution in [-0.2, 0) is 16.3 Å². The predicted octanol–water partition coefficient (Wildman–Crippen LogP) is 4.57. The van der Waals surface area contributed by atoms with Gasteiger partial charge in [-0.15, -0.1) is 5.10 Å². The molecule has 0 aliphatic heterocycles. The van der Waals surface area contributed by atoms with Gasteiger partial charge in [0.2, 0.25) is 11.9 Å². The largest absolute Gasteiger partial charge is 0.340 e. The number of amides is 1. The normalized spacial score (nSPS) is 18.9. The Morgan fingerprint density at radius 1 is 1.15 bits per heavy atom. The van der Waals surface area contributed by atoms with E-state index in [2.05, 4.69) is 35.5 Å². The van der Waals surface area contributed by atoms with Crippen molar-refractivity contribution in [2.24, 2.45) is 0 Å². The van der Waals surface area contributed by atoms with Gasteiger partial charge < -0.3 is 5.32 Å².